The number of hydrogen-bond acceptors (Lipinski definition) is 3. The van der Waals surface area contributed by atoms with Crippen LogP contribution < -0.4 is 10.6 Å². The van der Waals surface area contributed by atoms with Crippen LogP contribution in [0.5, 0.6) is 0 Å². The highest BCUT2D eigenvalue weighted by Crippen LogP contribution is 2.62. The number of nitrogens with zero attached hydrogens (tertiary/aromatic N) is 1. The summed E-state index contributed by atoms with van der Waals surface area (Å²) in [6.45, 7) is 1.93. The average molecular weight is 243 g/mol. The lowest BCUT2D eigenvalue weighted by molar-refractivity contribution is -0.118. The third-order valence-corrected chi connectivity index (χ3v) is 4.77. The maximum atomic E-state index is 12.3. The number of carbonyl (C=O) groups is 1. The molecule has 0 bridgehead atoms. The topological polar surface area (TPSA) is 54.0 Å². The number of aromatic nitrogens is 1. The minimum Gasteiger partial charge on any atom is -0.309 e. The molecule has 3 aliphatic rings. The Morgan fingerprint density at radius 3 is 3.00 bits per heavy atom. The van der Waals surface area contributed by atoms with Gasteiger partial charge in [-0.05, 0) is 49.7 Å². The van der Waals surface area contributed by atoms with E-state index in [1.54, 1.807) is 0 Å². The second-order valence-electron chi connectivity index (χ2n) is 5.80. The molecular weight excluding hydrogens is 226 g/mol. The summed E-state index contributed by atoms with van der Waals surface area (Å²) in [6.07, 6.45) is 2.55. The molecule has 3 unspecified atom stereocenters. The molecule has 2 heterocycles. The van der Waals surface area contributed by atoms with Crippen LogP contribution >= 0.6 is 0 Å². The molecule has 4 nitrogen and oxygen atoms in total. The number of amides is 1. The van der Waals surface area contributed by atoms with Gasteiger partial charge in [-0.15, -0.1) is 0 Å². The molecule has 2 N–H and O–H groups in total. The molecule has 0 radical (unpaired) electrons. The van der Waals surface area contributed by atoms with Crippen molar-refractivity contribution in [2.45, 2.75) is 31.8 Å². The zero-order valence-corrected chi connectivity index (χ0v) is 10.4. The Balaban J connectivity index is 1.48. The summed E-state index contributed by atoms with van der Waals surface area (Å²) in [5.41, 5.74) is 0.927. The van der Waals surface area contributed by atoms with Crippen molar-refractivity contribution in [3.63, 3.8) is 0 Å². The highest BCUT2D eigenvalue weighted by molar-refractivity contribution is 5.95. The molecule has 94 valence electrons. The van der Waals surface area contributed by atoms with Gasteiger partial charge < -0.3 is 10.6 Å². The summed E-state index contributed by atoms with van der Waals surface area (Å²) >= 11 is 0. The Hall–Kier alpha value is -1.42. The van der Waals surface area contributed by atoms with Crippen LogP contribution in [-0.2, 0) is 4.79 Å². The number of rotatable bonds is 2. The predicted molar refractivity (Wildman–Crippen MR) is 68.0 cm³/mol. The van der Waals surface area contributed by atoms with Crippen molar-refractivity contribution in [1.82, 2.24) is 10.3 Å². The van der Waals surface area contributed by atoms with E-state index in [0.717, 1.165) is 17.5 Å². The van der Waals surface area contributed by atoms with Crippen molar-refractivity contribution in [3.8, 4) is 0 Å². The van der Waals surface area contributed by atoms with Gasteiger partial charge in [-0.3, -0.25) is 4.79 Å². The minimum atomic E-state index is 0.00909. The fourth-order valence-corrected chi connectivity index (χ4v) is 4.02. The first-order valence-corrected chi connectivity index (χ1v) is 6.74. The van der Waals surface area contributed by atoms with Gasteiger partial charge in [0.15, 0.2) is 0 Å². The lowest BCUT2D eigenvalue weighted by atomic mass is 10.1. The van der Waals surface area contributed by atoms with Gasteiger partial charge in [0.05, 0.1) is 6.04 Å². The Morgan fingerprint density at radius 1 is 1.39 bits per heavy atom. The van der Waals surface area contributed by atoms with Gasteiger partial charge in [-0.25, -0.2) is 4.98 Å². The fourth-order valence-electron chi connectivity index (χ4n) is 4.02. The predicted octanol–water partition coefficient (Wildman–Crippen LogP) is 1.32. The number of carbonyl (C=O) groups excluding carboxylic acids is 1. The van der Waals surface area contributed by atoms with E-state index in [-0.39, 0.29) is 11.9 Å². The van der Waals surface area contributed by atoms with E-state index < -0.39 is 0 Å². The number of piperidine rings is 1. The summed E-state index contributed by atoms with van der Waals surface area (Å²) in [6, 6.07) is 6.30. The SMILES string of the molecule is Cc1cccc(NC(=O)[C@H]2NC3CCC4C2[C@@H]34)n1. The zero-order chi connectivity index (χ0) is 12.3. The Bertz CT molecular complexity index is 516. The van der Waals surface area contributed by atoms with Crippen molar-refractivity contribution in [3.05, 3.63) is 23.9 Å². The molecule has 0 aromatic carbocycles. The van der Waals surface area contributed by atoms with Gasteiger partial charge >= 0.3 is 0 Å². The van der Waals surface area contributed by atoms with Gasteiger partial charge in [0.1, 0.15) is 5.82 Å². The van der Waals surface area contributed by atoms with E-state index in [1.807, 2.05) is 25.1 Å². The quantitative estimate of drug-likeness (QED) is 0.824. The van der Waals surface area contributed by atoms with Crippen LogP contribution in [0.4, 0.5) is 5.82 Å². The second kappa shape index (κ2) is 3.54. The zero-order valence-electron chi connectivity index (χ0n) is 10.4. The first-order chi connectivity index (χ1) is 8.74. The summed E-state index contributed by atoms with van der Waals surface area (Å²) in [7, 11) is 0. The third-order valence-electron chi connectivity index (χ3n) is 4.77. The van der Waals surface area contributed by atoms with Crippen molar-refractivity contribution in [1.29, 1.82) is 0 Å². The first kappa shape index (κ1) is 10.5. The highest BCUT2D eigenvalue weighted by atomic mass is 16.2. The van der Waals surface area contributed by atoms with Crippen molar-refractivity contribution < 1.29 is 4.79 Å². The minimum absolute atomic E-state index is 0.00909. The molecule has 2 saturated carbocycles. The van der Waals surface area contributed by atoms with Crippen LogP contribution in [0, 0.1) is 24.7 Å². The maximum absolute atomic E-state index is 12.3. The van der Waals surface area contributed by atoms with E-state index in [2.05, 4.69) is 15.6 Å². The number of anilines is 1. The number of aryl methyl sites for hydroxylation is 1. The van der Waals surface area contributed by atoms with Crippen LogP contribution in [-0.4, -0.2) is 23.0 Å². The van der Waals surface area contributed by atoms with Crippen LogP contribution in [0.15, 0.2) is 18.2 Å². The van der Waals surface area contributed by atoms with E-state index in [4.69, 9.17) is 0 Å². The Kier molecular flexibility index (Phi) is 2.07. The second-order valence-corrected chi connectivity index (χ2v) is 5.80. The standard InChI is InChI=1S/C14H17N3O/c1-7-3-2-4-10(15-7)17-14(18)13-12-8-5-6-9(16-13)11(8)12/h2-4,8-9,11-13,16H,5-6H2,1H3,(H,15,17,18)/t8?,9?,11-,12?,13+/m1/s1. The van der Waals surface area contributed by atoms with Gasteiger partial charge in [0, 0.05) is 11.7 Å². The smallest absolute Gasteiger partial charge is 0.242 e. The number of nitrogens with one attached hydrogen (secondary N) is 2. The first-order valence-electron chi connectivity index (χ1n) is 6.74. The summed E-state index contributed by atoms with van der Waals surface area (Å²) in [4.78, 5) is 16.6. The summed E-state index contributed by atoms with van der Waals surface area (Å²) < 4.78 is 0. The molecule has 18 heavy (non-hydrogen) atoms. The highest BCUT2D eigenvalue weighted by Gasteiger charge is 2.67. The monoisotopic (exact) mass is 243 g/mol. The molecule has 1 aliphatic heterocycles. The van der Waals surface area contributed by atoms with Gasteiger partial charge in [0.2, 0.25) is 5.91 Å². The Labute approximate surface area is 106 Å². The third kappa shape index (κ3) is 1.42. The molecule has 4 rings (SSSR count). The molecule has 3 fully saturated rings. The molecule has 1 aromatic heterocycles. The summed E-state index contributed by atoms with van der Waals surface area (Å²) in [5.74, 6) is 2.95. The van der Waals surface area contributed by atoms with Gasteiger partial charge in [-0.1, -0.05) is 6.07 Å². The largest absolute Gasteiger partial charge is 0.309 e. The number of hydrogen-bond donors (Lipinski definition) is 2. The van der Waals surface area contributed by atoms with E-state index in [0.29, 0.717) is 17.8 Å². The van der Waals surface area contributed by atoms with Crippen LogP contribution in [0.2, 0.25) is 0 Å². The normalized spacial score (nSPS) is 39.5. The van der Waals surface area contributed by atoms with E-state index in [1.165, 1.54) is 12.8 Å². The van der Waals surface area contributed by atoms with Gasteiger partial charge in [0.25, 0.3) is 0 Å². The number of fused-ring (bicyclic) bond motifs is 1. The fraction of sp³-hybridized carbons (Fsp3) is 0.571. The van der Waals surface area contributed by atoms with Crippen LogP contribution in [0.3, 0.4) is 0 Å². The molecule has 5 atom stereocenters. The molecule has 4 heteroatoms. The molecule has 1 amide bonds. The Morgan fingerprint density at radius 2 is 2.28 bits per heavy atom. The van der Waals surface area contributed by atoms with Gasteiger partial charge in [-0.2, -0.15) is 0 Å². The lowest BCUT2D eigenvalue weighted by Gasteiger charge is -2.15. The molecule has 0 spiro atoms. The van der Waals surface area contributed by atoms with Crippen molar-refractivity contribution in [2.24, 2.45) is 17.8 Å². The van der Waals surface area contributed by atoms with Crippen LogP contribution in [0.25, 0.3) is 0 Å². The molecular formula is C14H17N3O. The molecule has 2 aliphatic carbocycles. The molecule has 1 saturated heterocycles. The average Bonchev–Trinajstić information content (AvgIpc) is 2.77. The van der Waals surface area contributed by atoms with Crippen molar-refractivity contribution in [2.75, 3.05) is 5.32 Å². The van der Waals surface area contributed by atoms with E-state index >= 15 is 0 Å². The van der Waals surface area contributed by atoms with E-state index in [9.17, 15) is 4.79 Å². The maximum Gasteiger partial charge on any atom is 0.242 e. The molecule has 1 aromatic rings. The number of pyridine rings is 1. The van der Waals surface area contributed by atoms with Crippen molar-refractivity contribution >= 4 is 11.7 Å². The lowest BCUT2D eigenvalue weighted by Crippen LogP contribution is -2.42. The van der Waals surface area contributed by atoms with Crippen LogP contribution in [0.1, 0.15) is 18.5 Å². The summed E-state index contributed by atoms with van der Waals surface area (Å²) in [5, 5.41) is 6.41.